The maximum Gasteiger partial charge on any atom is 0.0661 e. The zero-order chi connectivity index (χ0) is 11.1. The summed E-state index contributed by atoms with van der Waals surface area (Å²) in [6, 6.07) is 10.4. The quantitative estimate of drug-likeness (QED) is 0.797. The third kappa shape index (κ3) is 1.55. The Hall–Kier alpha value is -1.28. The molecule has 0 radical (unpaired) electrons. The van der Waals surface area contributed by atoms with Crippen molar-refractivity contribution in [3.8, 4) is 0 Å². The number of benzene rings is 1. The summed E-state index contributed by atoms with van der Waals surface area (Å²) >= 11 is 0. The molecule has 0 spiro atoms. The topological polar surface area (TPSA) is 25.2 Å². The lowest BCUT2D eigenvalue weighted by molar-refractivity contribution is 0.166. The van der Waals surface area contributed by atoms with Crippen molar-refractivity contribution < 1.29 is 5.11 Å². The van der Waals surface area contributed by atoms with Crippen LogP contribution in [0.5, 0.6) is 0 Å². The molecular weight excluding hydrogens is 186 g/mol. The van der Waals surface area contributed by atoms with Crippen LogP contribution in [0.4, 0.5) is 0 Å². The predicted octanol–water partition coefficient (Wildman–Crippen LogP) is 2.68. The van der Waals surface area contributed by atoms with Gasteiger partial charge in [0.25, 0.3) is 0 Å². The fraction of sp³-hybridized carbons (Fsp3) is 0.385. The lowest BCUT2D eigenvalue weighted by atomic mass is 10.1. The van der Waals surface area contributed by atoms with Crippen LogP contribution in [0.2, 0.25) is 0 Å². The number of para-hydroxylation sites is 1. The highest BCUT2D eigenvalue weighted by Gasteiger charge is 2.22. The van der Waals surface area contributed by atoms with Gasteiger partial charge in [0.1, 0.15) is 0 Å². The van der Waals surface area contributed by atoms with E-state index in [1.54, 1.807) is 0 Å². The standard InChI is InChI=1S/C13H17NO/c1-10-8-11-6-4-5-7-12(11)14(10)13(2,3)9-15/h4-8,15H,9H2,1-3H3. The van der Waals surface area contributed by atoms with Crippen LogP contribution < -0.4 is 0 Å². The number of hydrogen-bond donors (Lipinski definition) is 1. The summed E-state index contributed by atoms with van der Waals surface area (Å²) in [6.45, 7) is 6.32. The number of fused-ring (bicyclic) bond motifs is 1. The van der Waals surface area contributed by atoms with Crippen LogP contribution in [0, 0.1) is 6.92 Å². The highest BCUT2D eigenvalue weighted by atomic mass is 16.3. The zero-order valence-electron chi connectivity index (χ0n) is 9.49. The fourth-order valence-corrected chi connectivity index (χ4v) is 2.17. The molecule has 1 aromatic carbocycles. The molecule has 0 bridgehead atoms. The lowest BCUT2D eigenvalue weighted by Crippen LogP contribution is -2.31. The van der Waals surface area contributed by atoms with Gasteiger partial charge in [0, 0.05) is 11.2 Å². The molecule has 1 aromatic heterocycles. The minimum Gasteiger partial charge on any atom is -0.394 e. The summed E-state index contributed by atoms with van der Waals surface area (Å²) < 4.78 is 2.20. The van der Waals surface area contributed by atoms with Crippen LogP contribution in [0.25, 0.3) is 10.9 Å². The maximum atomic E-state index is 9.43. The lowest BCUT2D eigenvalue weighted by Gasteiger charge is -2.27. The van der Waals surface area contributed by atoms with E-state index < -0.39 is 0 Å². The van der Waals surface area contributed by atoms with Gasteiger partial charge in [-0.25, -0.2) is 0 Å². The van der Waals surface area contributed by atoms with E-state index in [0.717, 1.165) is 0 Å². The minimum absolute atomic E-state index is 0.145. The molecule has 0 aliphatic carbocycles. The van der Waals surface area contributed by atoms with Crippen LogP contribution >= 0.6 is 0 Å². The van der Waals surface area contributed by atoms with Crippen molar-refractivity contribution in [1.82, 2.24) is 4.57 Å². The summed E-state index contributed by atoms with van der Waals surface area (Å²) in [5, 5.41) is 10.7. The number of hydrogen-bond acceptors (Lipinski definition) is 1. The first-order valence-electron chi connectivity index (χ1n) is 5.25. The first-order valence-corrected chi connectivity index (χ1v) is 5.25. The summed E-state index contributed by atoms with van der Waals surface area (Å²) in [4.78, 5) is 0. The van der Waals surface area contributed by atoms with Gasteiger partial charge in [-0.15, -0.1) is 0 Å². The normalized spacial score (nSPS) is 12.3. The van der Waals surface area contributed by atoms with Crippen LogP contribution in [0.15, 0.2) is 30.3 Å². The number of aryl methyl sites for hydroxylation is 1. The molecule has 2 aromatic rings. The molecule has 0 saturated carbocycles. The van der Waals surface area contributed by atoms with Crippen LogP contribution in [0.3, 0.4) is 0 Å². The number of rotatable bonds is 2. The highest BCUT2D eigenvalue weighted by Crippen LogP contribution is 2.26. The van der Waals surface area contributed by atoms with Crippen molar-refractivity contribution >= 4 is 10.9 Å². The van der Waals surface area contributed by atoms with Crippen molar-refractivity contribution in [2.24, 2.45) is 0 Å². The van der Waals surface area contributed by atoms with Crippen LogP contribution in [-0.2, 0) is 5.54 Å². The second kappa shape index (κ2) is 3.38. The minimum atomic E-state index is -0.243. The Labute approximate surface area is 90.2 Å². The zero-order valence-corrected chi connectivity index (χ0v) is 9.49. The molecule has 1 N–H and O–H groups in total. The Kier molecular flexibility index (Phi) is 2.31. The van der Waals surface area contributed by atoms with E-state index in [1.165, 1.54) is 16.6 Å². The molecule has 80 valence electrons. The van der Waals surface area contributed by atoms with Gasteiger partial charge in [0.05, 0.1) is 12.1 Å². The van der Waals surface area contributed by atoms with E-state index >= 15 is 0 Å². The van der Waals surface area contributed by atoms with Gasteiger partial charge in [-0.05, 0) is 38.3 Å². The molecule has 2 rings (SSSR count). The predicted molar refractivity (Wildman–Crippen MR) is 63.1 cm³/mol. The number of aliphatic hydroxyl groups excluding tert-OH is 1. The molecule has 0 fully saturated rings. The molecule has 0 amide bonds. The van der Waals surface area contributed by atoms with Crippen molar-refractivity contribution in [3.05, 3.63) is 36.0 Å². The summed E-state index contributed by atoms with van der Waals surface area (Å²) in [6.07, 6.45) is 0. The van der Waals surface area contributed by atoms with Crippen molar-refractivity contribution in [3.63, 3.8) is 0 Å². The Balaban J connectivity index is 2.74. The Morgan fingerprint density at radius 2 is 1.93 bits per heavy atom. The second-order valence-electron chi connectivity index (χ2n) is 4.65. The van der Waals surface area contributed by atoms with Crippen molar-refractivity contribution in [1.29, 1.82) is 0 Å². The van der Waals surface area contributed by atoms with E-state index in [0.29, 0.717) is 0 Å². The van der Waals surface area contributed by atoms with E-state index in [2.05, 4.69) is 29.7 Å². The molecule has 0 aliphatic heterocycles. The molecule has 2 nitrogen and oxygen atoms in total. The Morgan fingerprint density at radius 1 is 1.27 bits per heavy atom. The van der Waals surface area contributed by atoms with Crippen LogP contribution in [0.1, 0.15) is 19.5 Å². The number of aromatic nitrogens is 1. The van der Waals surface area contributed by atoms with Gasteiger partial charge < -0.3 is 9.67 Å². The highest BCUT2D eigenvalue weighted by molar-refractivity contribution is 5.81. The summed E-state index contributed by atoms with van der Waals surface area (Å²) in [5.74, 6) is 0. The number of aliphatic hydroxyl groups is 1. The van der Waals surface area contributed by atoms with Gasteiger partial charge in [0.15, 0.2) is 0 Å². The number of nitrogens with zero attached hydrogens (tertiary/aromatic N) is 1. The van der Waals surface area contributed by atoms with Gasteiger partial charge in [-0.2, -0.15) is 0 Å². The largest absolute Gasteiger partial charge is 0.394 e. The SMILES string of the molecule is Cc1cc2ccccc2n1C(C)(C)CO. The van der Waals surface area contributed by atoms with E-state index in [-0.39, 0.29) is 12.1 Å². The van der Waals surface area contributed by atoms with Gasteiger partial charge >= 0.3 is 0 Å². The van der Waals surface area contributed by atoms with Crippen LogP contribution in [-0.4, -0.2) is 16.3 Å². The summed E-state index contributed by atoms with van der Waals surface area (Å²) in [5.41, 5.74) is 2.14. The molecule has 2 heteroatoms. The van der Waals surface area contributed by atoms with Gasteiger partial charge in [-0.1, -0.05) is 18.2 Å². The first kappa shape index (κ1) is 10.2. The molecular formula is C13H17NO. The molecule has 0 unspecified atom stereocenters. The van der Waals surface area contributed by atoms with E-state index in [4.69, 9.17) is 0 Å². The maximum absolute atomic E-state index is 9.43. The smallest absolute Gasteiger partial charge is 0.0661 e. The molecule has 0 saturated heterocycles. The average Bonchev–Trinajstić information content (AvgIpc) is 2.54. The third-order valence-electron chi connectivity index (χ3n) is 2.89. The third-order valence-corrected chi connectivity index (χ3v) is 2.89. The van der Waals surface area contributed by atoms with E-state index in [1.807, 2.05) is 26.0 Å². The fourth-order valence-electron chi connectivity index (χ4n) is 2.17. The molecule has 1 heterocycles. The Morgan fingerprint density at radius 3 is 2.60 bits per heavy atom. The van der Waals surface area contributed by atoms with Crippen molar-refractivity contribution in [2.75, 3.05) is 6.61 Å². The first-order chi connectivity index (χ1) is 7.06. The van der Waals surface area contributed by atoms with Gasteiger partial charge in [0.2, 0.25) is 0 Å². The van der Waals surface area contributed by atoms with Gasteiger partial charge in [-0.3, -0.25) is 0 Å². The molecule has 0 aliphatic rings. The second-order valence-corrected chi connectivity index (χ2v) is 4.65. The van der Waals surface area contributed by atoms with Crippen molar-refractivity contribution in [2.45, 2.75) is 26.3 Å². The molecule has 0 atom stereocenters. The monoisotopic (exact) mass is 203 g/mol. The van der Waals surface area contributed by atoms with E-state index in [9.17, 15) is 5.11 Å². The summed E-state index contributed by atoms with van der Waals surface area (Å²) in [7, 11) is 0. The molecule has 15 heavy (non-hydrogen) atoms. The average molecular weight is 203 g/mol. The Bertz CT molecular complexity index is 482.